The van der Waals surface area contributed by atoms with Crippen molar-refractivity contribution < 1.29 is 4.74 Å². The predicted molar refractivity (Wildman–Crippen MR) is 69.7 cm³/mol. The number of nitrogens with two attached hydrogens (primary N) is 1. The Hall–Kier alpha value is -1.20. The number of hydrogen-bond acceptors (Lipinski definition) is 4. The van der Waals surface area contributed by atoms with Gasteiger partial charge in [0.25, 0.3) is 0 Å². The van der Waals surface area contributed by atoms with Crippen LogP contribution in [0.3, 0.4) is 0 Å². The molecule has 1 aromatic heterocycles. The van der Waals surface area contributed by atoms with Gasteiger partial charge in [0.15, 0.2) is 0 Å². The van der Waals surface area contributed by atoms with Crippen LogP contribution in [0.4, 0.5) is 5.69 Å². The maximum Gasteiger partial charge on any atom is 0.122 e. The maximum atomic E-state index is 5.50. The summed E-state index contributed by atoms with van der Waals surface area (Å²) in [6, 6.07) is 3.74. The van der Waals surface area contributed by atoms with Gasteiger partial charge >= 0.3 is 0 Å². The van der Waals surface area contributed by atoms with Crippen molar-refractivity contribution in [3.8, 4) is 0 Å². The number of hydrogen-bond donors (Lipinski definition) is 2. The highest BCUT2D eigenvalue weighted by molar-refractivity contribution is 7.80. The quantitative estimate of drug-likeness (QED) is 0.558. The fourth-order valence-electron chi connectivity index (χ4n) is 1.23. The number of thiocarbonyl (C=S) groups is 1. The summed E-state index contributed by atoms with van der Waals surface area (Å²) in [6.45, 7) is 4.39. The molecule has 1 aromatic rings. The Morgan fingerprint density at radius 3 is 3.12 bits per heavy atom. The third kappa shape index (κ3) is 4.55. The van der Waals surface area contributed by atoms with E-state index in [1.807, 2.05) is 19.1 Å². The first-order chi connectivity index (χ1) is 7.74. The van der Waals surface area contributed by atoms with Gasteiger partial charge in [-0.2, -0.15) is 0 Å². The van der Waals surface area contributed by atoms with Crippen molar-refractivity contribution in [2.45, 2.75) is 13.3 Å². The van der Waals surface area contributed by atoms with Crippen LogP contribution in [0.1, 0.15) is 19.0 Å². The van der Waals surface area contributed by atoms with Crippen LogP contribution in [0, 0.1) is 0 Å². The van der Waals surface area contributed by atoms with Crippen molar-refractivity contribution >= 4 is 22.9 Å². The lowest BCUT2D eigenvalue weighted by molar-refractivity contribution is 0.147. The van der Waals surface area contributed by atoms with E-state index >= 15 is 0 Å². The van der Waals surface area contributed by atoms with E-state index in [0.29, 0.717) is 10.7 Å². The molecule has 1 rings (SSSR count). The molecule has 4 nitrogen and oxygen atoms in total. The predicted octanol–water partition coefficient (Wildman–Crippen LogP) is 1.55. The minimum Gasteiger partial charge on any atom is -0.388 e. The molecule has 0 saturated heterocycles. The second-order valence-corrected chi connectivity index (χ2v) is 3.71. The van der Waals surface area contributed by atoms with Crippen molar-refractivity contribution in [2.24, 2.45) is 5.73 Å². The van der Waals surface area contributed by atoms with Crippen LogP contribution in [0.25, 0.3) is 0 Å². The van der Waals surface area contributed by atoms with E-state index in [4.69, 9.17) is 22.7 Å². The van der Waals surface area contributed by atoms with Gasteiger partial charge < -0.3 is 15.8 Å². The Bertz CT molecular complexity index is 344. The summed E-state index contributed by atoms with van der Waals surface area (Å²) in [5, 5.41) is 3.26. The summed E-state index contributed by atoms with van der Waals surface area (Å²) in [5.74, 6) is 0. The molecule has 1 heterocycles. The first kappa shape index (κ1) is 12.9. The molecule has 88 valence electrons. The Kier molecular flexibility index (Phi) is 5.74. The van der Waals surface area contributed by atoms with Gasteiger partial charge in [-0.05, 0) is 25.5 Å². The monoisotopic (exact) mass is 239 g/mol. The van der Waals surface area contributed by atoms with Gasteiger partial charge in [0.1, 0.15) is 4.99 Å². The van der Waals surface area contributed by atoms with E-state index in [1.54, 1.807) is 6.20 Å². The van der Waals surface area contributed by atoms with Gasteiger partial charge in [-0.1, -0.05) is 12.2 Å². The molecule has 0 bridgehead atoms. The second kappa shape index (κ2) is 7.14. The average Bonchev–Trinajstić information content (AvgIpc) is 2.29. The zero-order valence-corrected chi connectivity index (χ0v) is 10.2. The van der Waals surface area contributed by atoms with Gasteiger partial charge in [-0.3, -0.25) is 4.98 Å². The molecule has 0 aliphatic carbocycles. The first-order valence-corrected chi connectivity index (χ1v) is 5.72. The largest absolute Gasteiger partial charge is 0.388 e. The third-order valence-corrected chi connectivity index (χ3v) is 2.22. The molecular weight excluding hydrogens is 222 g/mol. The lowest BCUT2D eigenvalue weighted by Gasteiger charge is -2.07. The first-order valence-electron chi connectivity index (χ1n) is 5.31. The molecule has 0 radical (unpaired) electrons. The van der Waals surface area contributed by atoms with Crippen LogP contribution in [0.5, 0.6) is 0 Å². The van der Waals surface area contributed by atoms with E-state index in [2.05, 4.69) is 10.3 Å². The minimum absolute atomic E-state index is 0.318. The van der Waals surface area contributed by atoms with Crippen LogP contribution in [-0.2, 0) is 4.74 Å². The van der Waals surface area contributed by atoms with Crippen molar-refractivity contribution in [1.82, 2.24) is 4.98 Å². The zero-order valence-electron chi connectivity index (χ0n) is 9.40. The third-order valence-electron chi connectivity index (χ3n) is 2.01. The smallest absolute Gasteiger partial charge is 0.122 e. The van der Waals surface area contributed by atoms with Gasteiger partial charge in [-0.25, -0.2) is 0 Å². The molecule has 0 amide bonds. The number of nitrogens with zero attached hydrogens (tertiary/aromatic N) is 1. The zero-order chi connectivity index (χ0) is 11.8. The van der Waals surface area contributed by atoms with Gasteiger partial charge in [0, 0.05) is 31.6 Å². The van der Waals surface area contributed by atoms with E-state index in [0.717, 1.165) is 31.9 Å². The van der Waals surface area contributed by atoms with Crippen LogP contribution in [-0.4, -0.2) is 29.7 Å². The standard InChI is InChI=1S/C11H17N3OS/c1-2-15-7-3-5-13-9-4-6-14-10(8-9)11(12)16/h4,6,8H,2-3,5,7H2,1H3,(H2,12,16)(H,13,14). The summed E-state index contributed by atoms with van der Waals surface area (Å²) in [6.07, 6.45) is 2.66. The molecule has 0 spiro atoms. The fourth-order valence-corrected chi connectivity index (χ4v) is 1.34. The average molecular weight is 239 g/mol. The second-order valence-electron chi connectivity index (χ2n) is 3.27. The molecule has 5 heteroatoms. The molecule has 3 N–H and O–H groups in total. The SMILES string of the molecule is CCOCCCNc1ccnc(C(N)=S)c1. The Balaban J connectivity index is 2.36. The molecular formula is C11H17N3OS. The van der Waals surface area contributed by atoms with Crippen molar-refractivity contribution in [3.05, 3.63) is 24.0 Å². The van der Waals surface area contributed by atoms with Gasteiger partial charge in [0.2, 0.25) is 0 Å². The Labute approximate surface area is 101 Å². The number of ether oxygens (including phenoxy) is 1. The summed E-state index contributed by atoms with van der Waals surface area (Å²) in [4.78, 5) is 4.38. The fraction of sp³-hybridized carbons (Fsp3) is 0.455. The molecule has 0 atom stereocenters. The molecule has 0 fully saturated rings. The lowest BCUT2D eigenvalue weighted by atomic mass is 10.3. The molecule has 16 heavy (non-hydrogen) atoms. The Morgan fingerprint density at radius 2 is 2.44 bits per heavy atom. The summed E-state index contributed by atoms with van der Waals surface area (Å²) >= 11 is 4.86. The molecule has 0 unspecified atom stereocenters. The van der Waals surface area contributed by atoms with Crippen LogP contribution < -0.4 is 11.1 Å². The maximum absolute atomic E-state index is 5.50. The Morgan fingerprint density at radius 1 is 1.62 bits per heavy atom. The number of nitrogens with one attached hydrogen (secondary N) is 1. The summed E-state index contributed by atoms with van der Waals surface area (Å²) in [5.41, 5.74) is 7.12. The van der Waals surface area contributed by atoms with Gasteiger partial charge in [-0.15, -0.1) is 0 Å². The van der Waals surface area contributed by atoms with E-state index in [1.165, 1.54) is 0 Å². The van der Waals surface area contributed by atoms with Crippen molar-refractivity contribution in [3.63, 3.8) is 0 Å². The van der Waals surface area contributed by atoms with E-state index in [9.17, 15) is 0 Å². The normalized spacial score (nSPS) is 10.1. The number of anilines is 1. The van der Waals surface area contributed by atoms with E-state index < -0.39 is 0 Å². The highest BCUT2D eigenvalue weighted by Crippen LogP contribution is 2.07. The van der Waals surface area contributed by atoms with Crippen molar-refractivity contribution in [2.75, 3.05) is 25.1 Å². The van der Waals surface area contributed by atoms with Gasteiger partial charge in [0.05, 0.1) is 5.69 Å². The van der Waals surface area contributed by atoms with Crippen LogP contribution in [0.2, 0.25) is 0 Å². The number of pyridine rings is 1. The molecule has 0 saturated carbocycles. The summed E-state index contributed by atoms with van der Waals surface area (Å²) in [7, 11) is 0. The topological polar surface area (TPSA) is 60.2 Å². The molecule has 0 aliphatic heterocycles. The minimum atomic E-state index is 0.318. The molecule has 0 aliphatic rings. The number of aromatic nitrogens is 1. The van der Waals surface area contributed by atoms with Crippen LogP contribution >= 0.6 is 12.2 Å². The molecule has 0 aromatic carbocycles. The highest BCUT2D eigenvalue weighted by Gasteiger charge is 1.99. The lowest BCUT2D eigenvalue weighted by Crippen LogP contribution is -2.12. The number of rotatable bonds is 7. The van der Waals surface area contributed by atoms with Crippen molar-refractivity contribution in [1.29, 1.82) is 0 Å². The van der Waals surface area contributed by atoms with Crippen LogP contribution in [0.15, 0.2) is 18.3 Å². The summed E-state index contributed by atoms with van der Waals surface area (Å²) < 4.78 is 5.24. The van der Waals surface area contributed by atoms with E-state index in [-0.39, 0.29) is 0 Å². The highest BCUT2D eigenvalue weighted by atomic mass is 32.1.